The highest BCUT2D eigenvalue weighted by Gasteiger charge is 2.25. The fraction of sp³-hybridized carbons (Fsp3) is 0.364. The number of benzene rings is 1. The summed E-state index contributed by atoms with van der Waals surface area (Å²) in [5.74, 6) is -1.77. The normalized spacial score (nSPS) is 12.8. The summed E-state index contributed by atoms with van der Waals surface area (Å²) < 4.78 is 13.5. The summed E-state index contributed by atoms with van der Waals surface area (Å²) in [5, 5.41) is 11.9. The molecule has 0 radical (unpaired) electrons. The van der Waals surface area contributed by atoms with Crippen LogP contribution in [0.1, 0.15) is 25.5 Å². The van der Waals surface area contributed by atoms with Gasteiger partial charge in [0.25, 0.3) is 0 Å². The van der Waals surface area contributed by atoms with E-state index in [1.54, 1.807) is 13.8 Å². The Morgan fingerprint density at radius 1 is 1.50 bits per heavy atom. The average molecular weight is 246 g/mol. The number of rotatable bonds is 4. The van der Waals surface area contributed by atoms with Crippen molar-refractivity contribution in [3.8, 4) is 0 Å². The summed E-state index contributed by atoms with van der Waals surface area (Å²) in [7, 11) is 0. The van der Waals surface area contributed by atoms with Crippen LogP contribution < -0.4 is 5.32 Å². The highest BCUT2D eigenvalue weighted by molar-refractivity contribution is 6.31. The standard InChI is InChI=1S/C11H13ClFNO2/c1-6(2)14-10(11(15)16)9-7(12)4-3-5-8(9)13/h3-6,10,14H,1-2H3,(H,15,16). The highest BCUT2D eigenvalue weighted by Crippen LogP contribution is 2.26. The first-order valence-corrected chi connectivity index (χ1v) is 5.24. The predicted octanol–water partition coefficient (Wildman–Crippen LogP) is 2.60. The number of carboxylic acid groups (broad SMARTS) is 1. The lowest BCUT2D eigenvalue weighted by Gasteiger charge is -2.19. The number of carboxylic acids is 1. The van der Waals surface area contributed by atoms with Crippen LogP contribution in [0, 0.1) is 5.82 Å². The number of carbonyl (C=O) groups is 1. The Balaban J connectivity index is 3.15. The molecule has 0 heterocycles. The minimum absolute atomic E-state index is 0.0228. The molecule has 1 atom stereocenters. The van der Waals surface area contributed by atoms with Crippen molar-refractivity contribution in [1.82, 2.24) is 5.32 Å². The minimum atomic E-state index is -1.15. The fourth-order valence-electron chi connectivity index (χ4n) is 1.40. The Hall–Kier alpha value is -1.13. The number of hydrogen-bond donors (Lipinski definition) is 2. The van der Waals surface area contributed by atoms with E-state index >= 15 is 0 Å². The molecule has 0 saturated heterocycles. The van der Waals surface area contributed by atoms with Crippen LogP contribution in [-0.2, 0) is 4.79 Å². The van der Waals surface area contributed by atoms with Gasteiger partial charge in [-0.05, 0) is 26.0 Å². The molecule has 0 fully saturated rings. The third-order valence-electron chi connectivity index (χ3n) is 2.04. The number of halogens is 2. The number of nitrogens with one attached hydrogen (secondary N) is 1. The predicted molar refractivity (Wildman–Crippen MR) is 60.1 cm³/mol. The lowest BCUT2D eigenvalue weighted by molar-refractivity contribution is -0.139. The molecule has 1 aromatic carbocycles. The van der Waals surface area contributed by atoms with Gasteiger partial charge in [0.05, 0.1) is 0 Å². The van der Waals surface area contributed by atoms with Gasteiger partial charge in [-0.25, -0.2) is 4.39 Å². The Kier molecular flexibility index (Phi) is 4.26. The zero-order chi connectivity index (χ0) is 12.3. The highest BCUT2D eigenvalue weighted by atomic mass is 35.5. The Morgan fingerprint density at radius 2 is 2.12 bits per heavy atom. The van der Waals surface area contributed by atoms with Gasteiger partial charge in [-0.3, -0.25) is 10.1 Å². The van der Waals surface area contributed by atoms with Crippen LogP contribution in [0.3, 0.4) is 0 Å². The van der Waals surface area contributed by atoms with E-state index in [0.29, 0.717) is 0 Å². The van der Waals surface area contributed by atoms with Gasteiger partial charge in [0.1, 0.15) is 11.9 Å². The molecule has 3 nitrogen and oxygen atoms in total. The molecule has 1 rings (SSSR count). The zero-order valence-corrected chi connectivity index (χ0v) is 9.75. The van der Waals surface area contributed by atoms with Crippen LogP contribution in [0.25, 0.3) is 0 Å². The molecule has 16 heavy (non-hydrogen) atoms. The molecule has 88 valence electrons. The quantitative estimate of drug-likeness (QED) is 0.857. The second-order valence-corrected chi connectivity index (χ2v) is 4.14. The molecule has 0 spiro atoms. The third-order valence-corrected chi connectivity index (χ3v) is 2.36. The van der Waals surface area contributed by atoms with Gasteiger partial charge in [-0.2, -0.15) is 0 Å². The first-order chi connectivity index (χ1) is 7.43. The molecule has 0 amide bonds. The molecule has 1 aromatic rings. The first-order valence-electron chi connectivity index (χ1n) is 4.86. The molecule has 0 aliphatic rings. The van der Waals surface area contributed by atoms with Crippen LogP contribution >= 0.6 is 11.6 Å². The van der Waals surface area contributed by atoms with E-state index < -0.39 is 17.8 Å². The second kappa shape index (κ2) is 5.27. The van der Waals surface area contributed by atoms with Gasteiger partial charge in [0.2, 0.25) is 0 Å². The third kappa shape index (κ3) is 2.93. The molecule has 0 saturated carbocycles. The molecule has 0 aliphatic heterocycles. The van der Waals surface area contributed by atoms with Gasteiger partial charge in [-0.15, -0.1) is 0 Å². The molecule has 1 unspecified atom stereocenters. The van der Waals surface area contributed by atoms with E-state index in [2.05, 4.69) is 5.32 Å². The maximum atomic E-state index is 13.5. The Labute approximate surface area is 98.2 Å². The summed E-state index contributed by atoms with van der Waals surface area (Å²) in [5.41, 5.74) is -0.0228. The lowest BCUT2D eigenvalue weighted by atomic mass is 10.1. The van der Waals surface area contributed by atoms with Gasteiger partial charge in [-0.1, -0.05) is 17.7 Å². The molecular weight excluding hydrogens is 233 g/mol. The van der Waals surface area contributed by atoms with E-state index in [1.807, 2.05) is 0 Å². The SMILES string of the molecule is CC(C)NC(C(=O)O)c1c(F)cccc1Cl. The fourth-order valence-corrected chi connectivity index (χ4v) is 1.67. The van der Waals surface area contributed by atoms with E-state index in [-0.39, 0.29) is 16.6 Å². The lowest BCUT2D eigenvalue weighted by Crippen LogP contribution is -2.34. The summed E-state index contributed by atoms with van der Waals surface area (Å²) in [6.45, 7) is 3.56. The van der Waals surface area contributed by atoms with Crippen molar-refractivity contribution in [2.75, 3.05) is 0 Å². The number of hydrogen-bond acceptors (Lipinski definition) is 2. The van der Waals surface area contributed by atoms with Gasteiger partial charge < -0.3 is 5.11 Å². The van der Waals surface area contributed by atoms with Crippen molar-refractivity contribution in [2.45, 2.75) is 25.9 Å². The molecule has 2 N–H and O–H groups in total. The largest absolute Gasteiger partial charge is 0.480 e. The van der Waals surface area contributed by atoms with Crippen LogP contribution in [0.15, 0.2) is 18.2 Å². The molecule has 5 heteroatoms. The van der Waals surface area contributed by atoms with Crippen LogP contribution in [-0.4, -0.2) is 17.1 Å². The monoisotopic (exact) mass is 245 g/mol. The van der Waals surface area contributed by atoms with Crippen molar-refractivity contribution in [3.05, 3.63) is 34.6 Å². The van der Waals surface area contributed by atoms with Crippen molar-refractivity contribution in [2.24, 2.45) is 0 Å². The summed E-state index contributed by atoms with van der Waals surface area (Å²) in [4.78, 5) is 11.1. The Bertz CT molecular complexity index is 375. The van der Waals surface area contributed by atoms with Gasteiger partial charge in [0.15, 0.2) is 0 Å². The maximum Gasteiger partial charge on any atom is 0.325 e. The van der Waals surface area contributed by atoms with Gasteiger partial charge in [0, 0.05) is 16.6 Å². The summed E-state index contributed by atoms with van der Waals surface area (Å²) >= 11 is 5.81. The van der Waals surface area contributed by atoms with Crippen LogP contribution in [0.4, 0.5) is 4.39 Å². The average Bonchev–Trinajstić information content (AvgIpc) is 2.15. The van der Waals surface area contributed by atoms with Crippen molar-refractivity contribution >= 4 is 17.6 Å². The topological polar surface area (TPSA) is 49.3 Å². The maximum absolute atomic E-state index is 13.5. The zero-order valence-electron chi connectivity index (χ0n) is 9.00. The van der Waals surface area contributed by atoms with Crippen molar-refractivity contribution in [1.29, 1.82) is 0 Å². The van der Waals surface area contributed by atoms with E-state index in [0.717, 1.165) is 0 Å². The summed E-state index contributed by atoms with van der Waals surface area (Å²) in [6, 6.07) is 2.89. The molecule has 0 aliphatic carbocycles. The van der Waals surface area contributed by atoms with E-state index in [1.165, 1.54) is 18.2 Å². The smallest absolute Gasteiger partial charge is 0.325 e. The molecular formula is C11H13ClFNO2. The summed E-state index contributed by atoms with van der Waals surface area (Å²) in [6.07, 6.45) is 0. The minimum Gasteiger partial charge on any atom is -0.480 e. The molecule has 0 bridgehead atoms. The second-order valence-electron chi connectivity index (χ2n) is 3.73. The van der Waals surface area contributed by atoms with E-state index in [4.69, 9.17) is 16.7 Å². The Morgan fingerprint density at radius 3 is 2.56 bits per heavy atom. The first kappa shape index (κ1) is 12.9. The van der Waals surface area contributed by atoms with Crippen LogP contribution in [0.2, 0.25) is 5.02 Å². The van der Waals surface area contributed by atoms with E-state index in [9.17, 15) is 9.18 Å². The molecule has 0 aromatic heterocycles. The van der Waals surface area contributed by atoms with Gasteiger partial charge >= 0.3 is 5.97 Å². The van der Waals surface area contributed by atoms with Crippen molar-refractivity contribution < 1.29 is 14.3 Å². The van der Waals surface area contributed by atoms with Crippen molar-refractivity contribution in [3.63, 3.8) is 0 Å². The van der Waals surface area contributed by atoms with Crippen LogP contribution in [0.5, 0.6) is 0 Å². The number of aliphatic carboxylic acids is 1.